The molecule has 3 amide bonds. The number of hydrogen-bond acceptors (Lipinski definition) is 6. The van der Waals surface area contributed by atoms with Crippen molar-refractivity contribution in [3.63, 3.8) is 0 Å². The second kappa shape index (κ2) is 8.51. The highest BCUT2D eigenvalue weighted by molar-refractivity contribution is 6.21. The molecule has 0 unspecified atom stereocenters. The van der Waals surface area contributed by atoms with E-state index in [-0.39, 0.29) is 37.7 Å². The fourth-order valence-electron chi connectivity index (χ4n) is 2.86. The van der Waals surface area contributed by atoms with E-state index in [9.17, 15) is 19.2 Å². The van der Waals surface area contributed by atoms with Gasteiger partial charge in [-0.15, -0.1) is 0 Å². The molecule has 1 aromatic heterocycles. The molecule has 0 spiro atoms. The minimum Gasteiger partial charge on any atom is -0.467 e. The molecule has 0 radical (unpaired) electrons. The van der Waals surface area contributed by atoms with Crippen LogP contribution < -0.4 is 5.32 Å². The van der Waals surface area contributed by atoms with E-state index in [2.05, 4.69) is 5.32 Å². The molecule has 2 aromatic rings. The maximum Gasteiger partial charge on any atom is 0.306 e. The summed E-state index contributed by atoms with van der Waals surface area (Å²) in [5, 5.41) is 2.61. The van der Waals surface area contributed by atoms with Crippen molar-refractivity contribution in [3.8, 4) is 0 Å². The number of nitrogens with one attached hydrogen (secondary N) is 1. The molecule has 2 heterocycles. The van der Waals surface area contributed by atoms with Crippen molar-refractivity contribution in [2.75, 3.05) is 6.54 Å². The largest absolute Gasteiger partial charge is 0.467 e. The van der Waals surface area contributed by atoms with Crippen LogP contribution in [0.2, 0.25) is 0 Å². The van der Waals surface area contributed by atoms with Gasteiger partial charge in [-0.2, -0.15) is 0 Å². The maximum absolute atomic E-state index is 12.2. The second-order valence-corrected chi connectivity index (χ2v) is 6.34. The van der Waals surface area contributed by atoms with E-state index in [1.165, 1.54) is 13.2 Å². The molecule has 1 N–H and O–H groups in total. The lowest BCUT2D eigenvalue weighted by molar-refractivity contribution is -0.155. The molecule has 28 heavy (non-hydrogen) atoms. The van der Waals surface area contributed by atoms with E-state index in [0.717, 1.165) is 4.90 Å². The van der Waals surface area contributed by atoms with Crippen molar-refractivity contribution in [1.82, 2.24) is 10.2 Å². The first-order chi connectivity index (χ1) is 13.5. The molecular weight excluding hydrogens is 364 g/mol. The third-order valence-corrected chi connectivity index (χ3v) is 4.34. The molecule has 146 valence electrons. The van der Waals surface area contributed by atoms with Crippen LogP contribution in [0.25, 0.3) is 0 Å². The molecule has 0 aliphatic carbocycles. The van der Waals surface area contributed by atoms with Gasteiger partial charge in [-0.3, -0.25) is 24.1 Å². The monoisotopic (exact) mass is 384 g/mol. The topological polar surface area (TPSA) is 106 Å². The van der Waals surface area contributed by atoms with E-state index >= 15 is 0 Å². The molecule has 8 nitrogen and oxygen atoms in total. The minimum atomic E-state index is -0.957. The number of benzene rings is 1. The van der Waals surface area contributed by atoms with Gasteiger partial charge in [-0.25, -0.2) is 0 Å². The highest BCUT2D eigenvalue weighted by atomic mass is 16.5. The van der Waals surface area contributed by atoms with E-state index in [0.29, 0.717) is 16.9 Å². The molecule has 1 atom stereocenters. The first-order valence-corrected chi connectivity index (χ1v) is 8.92. The predicted molar refractivity (Wildman–Crippen MR) is 97.2 cm³/mol. The SMILES string of the molecule is C[C@@H](OC(=O)CCCN1C(=O)c2ccccc2C1=O)C(=O)NCc1ccco1. The van der Waals surface area contributed by atoms with Crippen LogP contribution in [0, 0.1) is 0 Å². The van der Waals surface area contributed by atoms with Gasteiger partial charge in [0, 0.05) is 13.0 Å². The van der Waals surface area contributed by atoms with Gasteiger partial charge in [0.2, 0.25) is 0 Å². The zero-order valence-corrected chi connectivity index (χ0v) is 15.3. The van der Waals surface area contributed by atoms with Gasteiger partial charge in [0.15, 0.2) is 6.10 Å². The van der Waals surface area contributed by atoms with Crippen LogP contribution in [0.5, 0.6) is 0 Å². The Hall–Kier alpha value is -3.42. The number of rotatable bonds is 8. The van der Waals surface area contributed by atoms with Crippen molar-refractivity contribution >= 4 is 23.7 Å². The highest BCUT2D eigenvalue weighted by Crippen LogP contribution is 2.22. The van der Waals surface area contributed by atoms with Crippen LogP contribution in [0.1, 0.15) is 46.2 Å². The normalized spacial score (nSPS) is 14.0. The number of fused-ring (bicyclic) bond motifs is 1. The van der Waals surface area contributed by atoms with Crippen LogP contribution >= 0.6 is 0 Å². The predicted octanol–water partition coefficient (Wildman–Crippen LogP) is 1.90. The highest BCUT2D eigenvalue weighted by Gasteiger charge is 2.34. The molecule has 1 aliphatic heterocycles. The fourth-order valence-corrected chi connectivity index (χ4v) is 2.86. The quantitative estimate of drug-likeness (QED) is 0.550. The molecule has 0 fully saturated rings. The van der Waals surface area contributed by atoms with Crippen molar-refractivity contribution in [2.45, 2.75) is 32.4 Å². The van der Waals surface area contributed by atoms with Gasteiger partial charge in [0.25, 0.3) is 17.7 Å². The summed E-state index contributed by atoms with van der Waals surface area (Å²) in [6, 6.07) is 10.0. The summed E-state index contributed by atoms with van der Waals surface area (Å²) in [6.07, 6.45) is 0.787. The first kappa shape index (κ1) is 19.3. The standard InChI is InChI=1S/C20H20N2O6/c1-13(18(24)21-12-14-6-5-11-27-14)28-17(23)9-4-10-22-19(25)15-7-2-3-8-16(15)20(22)26/h2-3,5-8,11,13H,4,9-10,12H2,1H3,(H,21,24)/t13-/m1/s1. The average molecular weight is 384 g/mol. The molecule has 0 saturated heterocycles. The summed E-state index contributed by atoms with van der Waals surface area (Å²) in [6.45, 7) is 1.79. The van der Waals surface area contributed by atoms with Gasteiger partial charge in [-0.1, -0.05) is 12.1 Å². The van der Waals surface area contributed by atoms with Crippen LogP contribution in [0.15, 0.2) is 47.1 Å². The molecule has 3 rings (SSSR count). The van der Waals surface area contributed by atoms with Crippen LogP contribution in [-0.2, 0) is 20.9 Å². The van der Waals surface area contributed by atoms with E-state index in [1.54, 1.807) is 36.4 Å². The lowest BCUT2D eigenvalue weighted by Gasteiger charge is -2.15. The number of amides is 3. The van der Waals surface area contributed by atoms with Crippen LogP contribution in [0.4, 0.5) is 0 Å². The third kappa shape index (κ3) is 4.28. The van der Waals surface area contributed by atoms with E-state index < -0.39 is 18.0 Å². The Morgan fingerprint density at radius 2 is 1.79 bits per heavy atom. The average Bonchev–Trinajstić information content (AvgIpc) is 3.29. The number of furan rings is 1. The Morgan fingerprint density at radius 3 is 2.39 bits per heavy atom. The Bertz CT molecular complexity index is 855. The van der Waals surface area contributed by atoms with Gasteiger partial charge in [-0.05, 0) is 37.6 Å². The number of ether oxygens (including phenoxy) is 1. The van der Waals surface area contributed by atoms with Gasteiger partial charge in [0.1, 0.15) is 5.76 Å². The van der Waals surface area contributed by atoms with Crippen molar-refractivity contribution < 1.29 is 28.3 Å². The van der Waals surface area contributed by atoms with Gasteiger partial charge >= 0.3 is 5.97 Å². The maximum atomic E-state index is 12.2. The first-order valence-electron chi connectivity index (χ1n) is 8.92. The summed E-state index contributed by atoms with van der Waals surface area (Å²) < 4.78 is 10.2. The number of imide groups is 1. The van der Waals surface area contributed by atoms with Gasteiger partial charge in [0.05, 0.1) is 23.9 Å². The Kier molecular flexibility index (Phi) is 5.88. The summed E-state index contributed by atoms with van der Waals surface area (Å²) in [5.41, 5.74) is 0.744. The number of carbonyl (C=O) groups excluding carboxylic acids is 4. The molecule has 1 aliphatic rings. The summed E-state index contributed by atoms with van der Waals surface area (Å²) in [5.74, 6) is -1.14. The Balaban J connectivity index is 1.40. The summed E-state index contributed by atoms with van der Waals surface area (Å²) in [7, 11) is 0. The number of hydrogen-bond donors (Lipinski definition) is 1. The van der Waals surface area contributed by atoms with E-state index in [4.69, 9.17) is 9.15 Å². The molecule has 0 bridgehead atoms. The lowest BCUT2D eigenvalue weighted by Crippen LogP contribution is -2.35. The fraction of sp³-hybridized carbons (Fsp3) is 0.300. The molecule has 0 saturated carbocycles. The number of nitrogens with zero attached hydrogens (tertiary/aromatic N) is 1. The van der Waals surface area contributed by atoms with Crippen molar-refractivity contribution in [1.29, 1.82) is 0 Å². The smallest absolute Gasteiger partial charge is 0.306 e. The van der Waals surface area contributed by atoms with Gasteiger partial charge < -0.3 is 14.5 Å². The molecule has 1 aromatic carbocycles. The van der Waals surface area contributed by atoms with Crippen molar-refractivity contribution in [2.24, 2.45) is 0 Å². The Labute approximate surface area is 161 Å². The molecule has 8 heteroatoms. The Morgan fingerprint density at radius 1 is 1.11 bits per heavy atom. The lowest BCUT2D eigenvalue weighted by atomic mass is 10.1. The molecular formula is C20H20N2O6. The second-order valence-electron chi connectivity index (χ2n) is 6.34. The summed E-state index contributed by atoms with van der Waals surface area (Å²) in [4.78, 5) is 49.5. The zero-order chi connectivity index (χ0) is 20.1. The zero-order valence-electron chi connectivity index (χ0n) is 15.3. The number of esters is 1. The van der Waals surface area contributed by atoms with E-state index in [1.807, 2.05) is 0 Å². The number of carbonyl (C=O) groups is 4. The summed E-state index contributed by atoms with van der Waals surface area (Å²) >= 11 is 0. The minimum absolute atomic E-state index is 0.0107. The van der Waals surface area contributed by atoms with Crippen LogP contribution in [-0.4, -0.2) is 41.2 Å². The van der Waals surface area contributed by atoms with Crippen LogP contribution in [0.3, 0.4) is 0 Å². The van der Waals surface area contributed by atoms with Crippen molar-refractivity contribution in [3.05, 3.63) is 59.5 Å². The third-order valence-electron chi connectivity index (χ3n) is 4.34.